The minimum atomic E-state index is -0.349. The second-order valence-corrected chi connectivity index (χ2v) is 11.7. The van der Waals surface area contributed by atoms with E-state index >= 15 is 0 Å². The summed E-state index contributed by atoms with van der Waals surface area (Å²) in [5, 5.41) is 7.29. The number of imidazole rings is 1. The predicted molar refractivity (Wildman–Crippen MR) is 153 cm³/mol. The zero-order valence-corrected chi connectivity index (χ0v) is 23.7. The molecule has 3 aliphatic heterocycles. The Hall–Kier alpha value is -4.03. The van der Waals surface area contributed by atoms with Crippen LogP contribution < -0.4 is 25.0 Å². The van der Waals surface area contributed by atoms with E-state index in [1.54, 1.807) is 16.8 Å². The van der Waals surface area contributed by atoms with Crippen molar-refractivity contribution in [3.05, 3.63) is 42.0 Å². The van der Waals surface area contributed by atoms with Crippen molar-refractivity contribution in [1.82, 2.24) is 29.7 Å². The maximum atomic E-state index is 13.7. The highest BCUT2D eigenvalue weighted by Gasteiger charge is 2.52. The number of carbonyl (C=O) groups is 1. The highest BCUT2D eigenvalue weighted by atomic mass is 16.6. The largest absolute Gasteiger partial charge is 0.478 e. The second-order valence-electron chi connectivity index (χ2n) is 11.7. The van der Waals surface area contributed by atoms with Crippen molar-refractivity contribution in [3.63, 3.8) is 0 Å². The molecule has 0 spiro atoms. The number of fused-ring (bicyclic) bond motifs is 3. The predicted octanol–water partition coefficient (Wildman–Crippen LogP) is 2.99. The quantitative estimate of drug-likeness (QED) is 0.349. The monoisotopic (exact) mass is 558 g/mol. The number of carbonyl (C=O) groups excluding carboxylic acids is 1. The highest BCUT2D eigenvalue weighted by molar-refractivity contribution is 6.13. The lowest BCUT2D eigenvalue weighted by Gasteiger charge is -2.38. The first-order valence-corrected chi connectivity index (χ1v) is 14.1. The molecular weight excluding hydrogens is 524 g/mol. The SMILES string of the molecule is COc1nc(NC(=O)c2ccc(N3C[C@H](C)N[C@@H](C)C3)c3cnc(OCC45CC(CO4)C5)nc23)cn2cc(C)nc12. The Morgan fingerprint density at radius 3 is 2.71 bits per heavy atom. The molecule has 12 nitrogen and oxygen atoms in total. The minimum Gasteiger partial charge on any atom is -0.478 e. The van der Waals surface area contributed by atoms with Crippen LogP contribution in [0.5, 0.6) is 11.9 Å². The van der Waals surface area contributed by atoms with Crippen molar-refractivity contribution in [1.29, 1.82) is 0 Å². The summed E-state index contributed by atoms with van der Waals surface area (Å²) in [6.45, 7) is 9.09. The molecule has 1 aliphatic carbocycles. The van der Waals surface area contributed by atoms with E-state index < -0.39 is 0 Å². The Balaban J connectivity index is 1.24. The van der Waals surface area contributed by atoms with Gasteiger partial charge in [0.1, 0.15) is 12.2 Å². The summed E-state index contributed by atoms with van der Waals surface area (Å²) in [7, 11) is 1.53. The summed E-state index contributed by atoms with van der Waals surface area (Å²) in [4.78, 5) is 34.3. The summed E-state index contributed by atoms with van der Waals surface area (Å²) in [6.07, 6.45) is 7.35. The molecule has 214 valence electrons. The molecule has 3 aromatic heterocycles. The molecule has 0 unspecified atom stereocenters. The van der Waals surface area contributed by atoms with Crippen molar-refractivity contribution < 1.29 is 19.0 Å². The number of nitrogens with one attached hydrogen (secondary N) is 2. The van der Waals surface area contributed by atoms with Gasteiger partial charge in [-0.05, 0) is 51.7 Å². The third-order valence-corrected chi connectivity index (χ3v) is 8.22. The van der Waals surface area contributed by atoms with E-state index in [2.05, 4.69) is 44.3 Å². The van der Waals surface area contributed by atoms with Crippen LogP contribution >= 0.6 is 0 Å². The zero-order chi connectivity index (χ0) is 28.3. The van der Waals surface area contributed by atoms with Crippen molar-refractivity contribution in [2.45, 2.75) is 51.3 Å². The van der Waals surface area contributed by atoms with Gasteiger partial charge in [-0.25, -0.2) is 9.97 Å². The molecule has 0 radical (unpaired) electrons. The van der Waals surface area contributed by atoms with Crippen LogP contribution in [0.2, 0.25) is 0 Å². The number of hydrogen-bond acceptors (Lipinski definition) is 10. The number of ether oxygens (including phenoxy) is 3. The summed E-state index contributed by atoms with van der Waals surface area (Å²) < 4.78 is 19.2. The second kappa shape index (κ2) is 9.81. The Morgan fingerprint density at radius 2 is 1.98 bits per heavy atom. The van der Waals surface area contributed by atoms with E-state index in [9.17, 15) is 4.79 Å². The van der Waals surface area contributed by atoms with Crippen LogP contribution in [0.3, 0.4) is 0 Å². The van der Waals surface area contributed by atoms with Gasteiger partial charge in [0.2, 0.25) is 5.65 Å². The van der Waals surface area contributed by atoms with Crippen LogP contribution in [0.1, 0.15) is 42.7 Å². The summed E-state index contributed by atoms with van der Waals surface area (Å²) in [5.41, 5.74) is 3.07. The number of piperazine rings is 1. The Morgan fingerprint density at radius 1 is 1.17 bits per heavy atom. The molecular formula is C29H34N8O4. The molecule has 4 fully saturated rings. The smallest absolute Gasteiger partial charge is 0.317 e. The highest BCUT2D eigenvalue weighted by Crippen LogP contribution is 2.48. The number of nitrogens with zero attached hydrogens (tertiary/aromatic N) is 6. The summed E-state index contributed by atoms with van der Waals surface area (Å²) >= 11 is 0. The molecule has 1 amide bonds. The van der Waals surface area contributed by atoms with Crippen molar-refractivity contribution in [2.24, 2.45) is 5.92 Å². The Kier molecular flexibility index (Phi) is 6.20. The standard InChI is InChI=1S/C29H34N8O4/c1-16-10-36(11-17(2)31-16)22-6-5-20(26(38)33-23-13-37-12-18(3)32-25(37)27(34-23)39-4)24-21(22)9-30-28(35-24)40-15-29-7-19(8-29)14-41-29/h5-6,9,12-13,16-17,19,31H,7-8,10-11,14-15H2,1-4H3,(H,33,38)/t16-,17-,19?,29?/m0/s1. The fourth-order valence-corrected chi connectivity index (χ4v) is 6.49. The van der Waals surface area contributed by atoms with E-state index in [4.69, 9.17) is 19.2 Å². The first-order valence-electron chi connectivity index (χ1n) is 14.1. The topological polar surface area (TPSA) is 128 Å². The molecule has 4 aliphatic rings. The number of methoxy groups -OCH3 is 1. The third kappa shape index (κ3) is 4.70. The van der Waals surface area contributed by atoms with Crippen LogP contribution in [-0.2, 0) is 4.74 Å². The molecule has 3 saturated heterocycles. The van der Waals surface area contributed by atoms with Crippen LogP contribution in [0, 0.1) is 12.8 Å². The van der Waals surface area contributed by atoms with Gasteiger partial charge in [-0.3, -0.25) is 9.20 Å². The molecule has 4 aromatic rings. The van der Waals surface area contributed by atoms with Gasteiger partial charge in [-0.2, -0.15) is 9.97 Å². The lowest BCUT2D eigenvalue weighted by atomic mass is 9.75. The fourth-order valence-electron chi connectivity index (χ4n) is 6.49. The van der Waals surface area contributed by atoms with Crippen LogP contribution in [-0.4, -0.2) is 81.3 Å². The number of aryl methyl sites for hydroxylation is 1. The first kappa shape index (κ1) is 25.9. The number of amides is 1. The number of benzene rings is 1. The normalized spacial score (nSPS) is 25.4. The van der Waals surface area contributed by atoms with Gasteiger partial charge < -0.3 is 29.7 Å². The van der Waals surface area contributed by atoms with E-state index in [-0.39, 0.29) is 17.5 Å². The van der Waals surface area contributed by atoms with Crippen LogP contribution in [0.4, 0.5) is 11.5 Å². The lowest BCUT2D eigenvalue weighted by Crippen LogP contribution is -2.54. The van der Waals surface area contributed by atoms with Crippen molar-refractivity contribution >= 4 is 34.0 Å². The van der Waals surface area contributed by atoms with Gasteiger partial charge in [0.15, 0.2) is 5.82 Å². The molecule has 12 heteroatoms. The molecule has 2 N–H and O–H groups in total. The van der Waals surface area contributed by atoms with Gasteiger partial charge in [0, 0.05) is 48.6 Å². The average molecular weight is 559 g/mol. The van der Waals surface area contributed by atoms with E-state index in [0.717, 1.165) is 49.3 Å². The van der Waals surface area contributed by atoms with Gasteiger partial charge in [-0.15, -0.1) is 0 Å². The lowest BCUT2D eigenvalue weighted by molar-refractivity contribution is -0.0379. The van der Waals surface area contributed by atoms with Crippen LogP contribution in [0.15, 0.2) is 30.7 Å². The zero-order valence-electron chi connectivity index (χ0n) is 23.7. The molecule has 1 aromatic carbocycles. The van der Waals surface area contributed by atoms with E-state index in [1.165, 1.54) is 7.11 Å². The number of hydrogen-bond donors (Lipinski definition) is 2. The van der Waals surface area contributed by atoms with Gasteiger partial charge in [0.25, 0.3) is 11.8 Å². The number of rotatable bonds is 7. The summed E-state index contributed by atoms with van der Waals surface area (Å²) in [6, 6.07) is 4.66. The third-order valence-electron chi connectivity index (χ3n) is 8.22. The molecule has 2 atom stereocenters. The van der Waals surface area contributed by atoms with Crippen molar-refractivity contribution in [3.8, 4) is 11.9 Å². The van der Waals surface area contributed by atoms with Crippen molar-refractivity contribution in [2.75, 3.05) is 43.6 Å². The first-order chi connectivity index (χ1) is 19.8. The molecule has 1 saturated carbocycles. The average Bonchev–Trinajstić information content (AvgIpc) is 3.64. The van der Waals surface area contributed by atoms with E-state index in [0.29, 0.717) is 53.0 Å². The number of anilines is 2. The van der Waals surface area contributed by atoms with Gasteiger partial charge in [0.05, 0.1) is 36.7 Å². The molecule has 41 heavy (non-hydrogen) atoms. The maximum Gasteiger partial charge on any atom is 0.317 e. The molecule has 2 bridgehead atoms. The molecule has 6 heterocycles. The minimum absolute atomic E-state index is 0.229. The van der Waals surface area contributed by atoms with E-state index in [1.807, 2.05) is 25.3 Å². The Bertz CT molecular complexity index is 1630. The summed E-state index contributed by atoms with van der Waals surface area (Å²) in [5.74, 6) is 0.943. The Labute approximate surface area is 237 Å². The van der Waals surface area contributed by atoms with Gasteiger partial charge >= 0.3 is 6.01 Å². The fraction of sp³-hybridized carbons (Fsp3) is 0.483. The number of aromatic nitrogens is 5. The van der Waals surface area contributed by atoms with Crippen LogP contribution in [0.25, 0.3) is 16.6 Å². The maximum absolute atomic E-state index is 13.7. The van der Waals surface area contributed by atoms with Gasteiger partial charge in [-0.1, -0.05) is 0 Å². The molecule has 8 rings (SSSR count).